The highest BCUT2D eigenvalue weighted by Crippen LogP contribution is 2.23. The first kappa shape index (κ1) is 14.5. The molecule has 1 saturated carbocycles. The van der Waals surface area contributed by atoms with Crippen molar-refractivity contribution in [2.24, 2.45) is 0 Å². The minimum Gasteiger partial charge on any atom is -0.299 e. The Morgan fingerprint density at radius 3 is 2.38 bits per heavy atom. The van der Waals surface area contributed by atoms with E-state index in [1.54, 1.807) is 6.92 Å². The van der Waals surface area contributed by atoms with Crippen LogP contribution in [0.25, 0.3) is 0 Å². The summed E-state index contributed by atoms with van der Waals surface area (Å²) >= 11 is 3.44. The maximum atomic E-state index is 11.5. The van der Waals surface area contributed by atoms with Gasteiger partial charge in [-0.25, -0.2) is 8.42 Å². The van der Waals surface area contributed by atoms with Crippen LogP contribution in [0.1, 0.15) is 32.6 Å². The van der Waals surface area contributed by atoms with Crippen molar-refractivity contribution in [2.45, 2.75) is 38.6 Å². The molecule has 0 heterocycles. The van der Waals surface area contributed by atoms with E-state index in [1.165, 1.54) is 25.7 Å². The third-order valence-corrected chi connectivity index (χ3v) is 5.38. The molecule has 3 nitrogen and oxygen atoms in total. The van der Waals surface area contributed by atoms with Crippen molar-refractivity contribution in [3.63, 3.8) is 0 Å². The summed E-state index contributed by atoms with van der Waals surface area (Å²) in [6.45, 7) is 3.38. The van der Waals surface area contributed by atoms with E-state index in [0.29, 0.717) is 18.3 Å². The Morgan fingerprint density at radius 1 is 1.25 bits per heavy atom. The Hall–Kier alpha value is 0.390. The molecule has 5 heteroatoms. The molecule has 0 aromatic carbocycles. The number of nitrogens with zero attached hydrogens (tertiary/aromatic N) is 1. The second kappa shape index (κ2) is 6.97. The second-order valence-corrected chi connectivity index (χ2v) is 7.67. The fourth-order valence-electron chi connectivity index (χ4n) is 2.26. The number of hydrogen-bond acceptors (Lipinski definition) is 3. The predicted octanol–water partition coefficient (Wildman–Crippen LogP) is 2.06. The molecule has 0 spiro atoms. The standard InChI is InChI=1S/C11H22BrNO2S/c1-2-16(14,15)10-9-13(8-7-12)11-5-3-4-6-11/h11H,2-10H2,1H3. The van der Waals surface area contributed by atoms with Crippen molar-refractivity contribution in [3.8, 4) is 0 Å². The molecule has 0 N–H and O–H groups in total. The lowest BCUT2D eigenvalue weighted by Gasteiger charge is -2.27. The van der Waals surface area contributed by atoms with E-state index in [4.69, 9.17) is 0 Å². The first-order valence-corrected chi connectivity index (χ1v) is 9.04. The number of hydrogen-bond donors (Lipinski definition) is 0. The van der Waals surface area contributed by atoms with Gasteiger partial charge in [0.25, 0.3) is 0 Å². The van der Waals surface area contributed by atoms with Gasteiger partial charge in [0.05, 0.1) is 5.75 Å². The van der Waals surface area contributed by atoms with Crippen molar-refractivity contribution in [1.29, 1.82) is 0 Å². The lowest BCUT2D eigenvalue weighted by molar-refractivity contribution is 0.223. The minimum absolute atomic E-state index is 0.264. The summed E-state index contributed by atoms with van der Waals surface area (Å²) in [7, 11) is -2.82. The molecule has 0 amide bonds. The van der Waals surface area contributed by atoms with E-state index in [0.717, 1.165) is 11.9 Å². The van der Waals surface area contributed by atoms with Crippen LogP contribution in [0.15, 0.2) is 0 Å². The lowest BCUT2D eigenvalue weighted by atomic mass is 10.2. The van der Waals surface area contributed by atoms with Gasteiger partial charge in [0.1, 0.15) is 0 Å². The van der Waals surface area contributed by atoms with E-state index in [-0.39, 0.29) is 5.75 Å². The quantitative estimate of drug-likeness (QED) is 0.675. The number of rotatable bonds is 7. The van der Waals surface area contributed by atoms with Crippen molar-refractivity contribution in [1.82, 2.24) is 4.90 Å². The Kier molecular flexibility index (Phi) is 6.29. The van der Waals surface area contributed by atoms with Gasteiger partial charge in [0.15, 0.2) is 9.84 Å². The first-order chi connectivity index (χ1) is 7.59. The van der Waals surface area contributed by atoms with Gasteiger partial charge in [-0.1, -0.05) is 35.7 Å². The van der Waals surface area contributed by atoms with Gasteiger partial charge in [-0.3, -0.25) is 4.90 Å². The fraction of sp³-hybridized carbons (Fsp3) is 1.00. The van der Waals surface area contributed by atoms with Crippen molar-refractivity contribution in [2.75, 3.05) is 29.9 Å². The molecular weight excluding hydrogens is 290 g/mol. The van der Waals surface area contributed by atoms with Gasteiger partial charge in [-0.2, -0.15) is 0 Å². The second-order valence-electron chi connectivity index (χ2n) is 4.40. The highest BCUT2D eigenvalue weighted by atomic mass is 79.9. The number of halogens is 1. The normalized spacial score (nSPS) is 18.4. The number of sulfone groups is 1. The summed E-state index contributed by atoms with van der Waals surface area (Å²) in [5.74, 6) is 0.576. The average Bonchev–Trinajstić information content (AvgIpc) is 2.77. The van der Waals surface area contributed by atoms with Gasteiger partial charge in [0, 0.05) is 30.2 Å². The van der Waals surface area contributed by atoms with Crippen LogP contribution < -0.4 is 0 Å². The van der Waals surface area contributed by atoms with Gasteiger partial charge in [-0.15, -0.1) is 0 Å². The van der Waals surface area contributed by atoms with Crippen LogP contribution in [0, 0.1) is 0 Å². The van der Waals surface area contributed by atoms with E-state index in [9.17, 15) is 8.42 Å². The van der Waals surface area contributed by atoms with Crippen LogP contribution in [0.3, 0.4) is 0 Å². The van der Waals surface area contributed by atoms with E-state index < -0.39 is 9.84 Å². The highest BCUT2D eigenvalue weighted by molar-refractivity contribution is 9.09. The molecule has 0 aliphatic heterocycles. The summed E-state index contributed by atoms with van der Waals surface area (Å²) in [5, 5.41) is 0.926. The molecule has 96 valence electrons. The molecule has 0 radical (unpaired) electrons. The van der Waals surface area contributed by atoms with Crippen LogP contribution in [0.5, 0.6) is 0 Å². The molecule has 16 heavy (non-hydrogen) atoms. The molecule has 0 bridgehead atoms. The lowest BCUT2D eigenvalue weighted by Crippen LogP contribution is -2.38. The Balaban J connectivity index is 2.44. The molecule has 0 unspecified atom stereocenters. The molecule has 0 saturated heterocycles. The first-order valence-electron chi connectivity index (χ1n) is 6.09. The van der Waals surface area contributed by atoms with Crippen LogP contribution in [-0.4, -0.2) is 49.3 Å². The third-order valence-electron chi connectivity index (χ3n) is 3.34. The highest BCUT2D eigenvalue weighted by Gasteiger charge is 2.23. The molecule has 0 aromatic rings. The molecule has 1 aliphatic carbocycles. The summed E-state index contributed by atoms with van der Waals surface area (Å²) in [5.41, 5.74) is 0. The monoisotopic (exact) mass is 311 g/mol. The van der Waals surface area contributed by atoms with Crippen molar-refractivity contribution in [3.05, 3.63) is 0 Å². The smallest absolute Gasteiger partial charge is 0.151 e. The Morgan fingerprint density at radius 2 is 1.88 bits per heavy atom. The summed E-state index contributed by atoms with van der Waals surface area (Å²) in [4.78, 5) is 2.34. The zero-order valence-electron chi connectivity index (χ0n) is 9.99. The molecule has 1 fully saturated rings. The maximum Gasteiger partial charge on any atom is 0.151 e. The van der Waals surface area contributed by atoms with Gasteiger partial charge in [-0.05, 0) is 12.8 Å². The topological polar surface area (TPSA) is 37.4 Å². The Bertz CT molecular complexity index is 286. The van der Waals surface area contributed by atoms with Crippen molar-refractivity contribution >= 4 is 25.8 Å². The van der Waals surface area contributed by atoms with Crippen LogP contribution in [0.4, 0.5) is 0 Å². The Labute approximate surface area is 108 Å². The number of alkyl halides is 1. The zero-order valence-corrected chi connectivity index (χ0v) is 12.4. The van der Waals surface area contributed by atoms with Crippen LogP contribution in [-0.2, 0) is 9.84 Å². The van der Waals surface area contributed by atoms with E-state index in [1.807, 2.05) is 0 Å². The van der Waals surface area contributed by atoms with E-state index in [2.05, 4.69) is 20.8 Å². The average molecular weight is 312 g/mol. The maximum absolute atomic E-state index is 11.5. The molecular formula is C11H22BrNO2S. The van der Waals surface area contributed by atoms with Crippen molar-refractivity contribution < 1.29 is 8.42 Å². The third kappa shape index (κ3) is 4.72. The van der Waals surface area contributed by atoms with Gasteiger partial charge in [0.2, 0.25) is 0 Å². The zero-order chi connectivity index (χ0) is 12.0. The molecule has 1 aliphatic rings. The van der Waals surface area contributed by atoms with Crippen LogP contribution in [0.2, 0.25) is 0 Å². The summed E-state index contributed by atoms with van der Waals surface area (Å²) in [6.07, 6.45) is 5.06. The predicted molar refractivity (Wildman–Crippen MR) is 72.0 cm³/mol. The van der Waals surface area contributed by atoms with E-state index >= 15 is 0 Å². The largest absolute Gasteiger partial charge is 0.299 e. The SMILES string of the molecule is CCS(=O)(=O)CCN(CCBr)C1CCCC1. The summed E-state index contributed by atoms with van der Waals surface area (Å²) in [6, 6.07) is 0.615. The van der Waals surface area contributed by atoms with Crippen LogP contribution >= 0.6 is 15.9 Å². The van der Waals surface area contributed by atoms with Gasteiger partial charge < -0.3 is 0 Å². The van der Waals surface area contributed by atoms with Gasteiger partial charge >= 0.3 is 0 Å². The minimum atomic E-state index is -2.82. The molecule has 0 aromatic heterocycles. The fourth-order valence-corrected chi connectivity index (χ4v) is 3.51. The summed E-state index contributed by atoms with van der Waals surface area (Å²) < 4.78 is 23.0. The molecule has 1 rings (SSSR count). The molecule has 0 atom stereocenters.